The van der Waals surface area contributed by atoms with Gasteiger partial charge in [0.05, 0.1) is 13.7 Å². The number of pyridine rings is 1. The van der Waals surface area contributed by atoms with Crippen LogP contribution in [-0.4, -0.2) is 66.2 Å². The van der Waals surface area contributed by atoms with E-state index in [0.717, 1.165) is 52.0 Å². The van der Waals surface area contributed by atoms with Gasteiger partial charge in [0, 0.05) is 58.9 Å². The van der Waals surface area contributed by atoms with Gasteiger partial charge >= 0.3 is 12.1 Å². The van der Waals surface area contributed by atoms with Crippen LogP contribution in [0.15, 0.2) is 47.8 Å². The number of esters is 1. The molecule has 2 aliphatic heterocycles. The van der Waals surface area contributed by atoms with Crippen molar-refractivity contribution in [2.24, 2.45) is 0 Å². The number of aromatic nitrogens is 1. The molecule has 0 bridgehead atoms. The fraction of sp³-hybridized carbons (Fsp3) is 0.375. The van der Waals surface area contributed by atoms with Gasteiger partial charge in [-0.05, 0) is 112 Å². The Kier molecular flexibility index (Phi) is 10.7. The number of methoxy groups -OCH3 is 1. The fourth-order valence-electron chi connectivity index (χ4n) is 6.66. The number of hydrogen-bond acceptors (Lipinski definition) is 9. The van der Waals surface area contributed by atoms with Crippen molar-refractivity contribution in [1.29, 1.82) is 0 Å². The van der Waals surface area contributed by atoms with E-state index in [-0.39, 0.29) is 23.8 Å². The van der Waals surface area contributed by atoms with Crippen LogP contribution in [0.5, 0.6) is 5.75 Å². The van der Waals surface area contributed by atoms with Gasteiger partial charge in [0.25, 0.3) is 11.8 Å². The summed E-state index contributed by atoms with van der Waals surface area (Å²) in [6.45, 7) is 11.2. The lowest BCUT2D eigenvalue weighted by Crippen LogP contribution is -2.36. The van der Waals surface area contributed by atoms with Gasteiger partial charge in [0.15, 0.2) is 5.69 Å². The zero-order chi connectivity index (χ0) is 37.2. The SMILES string of the molecule is COC(=O)c1nc(C(=O)N2CCCCC2)ccc1-c1cc2c(cc1C(=O)Nc1c(C)cc(CNC(=O)OC(C)(C)C)cc1C)-c1sccc1CCO2. The molecule has 52 heavy (non-hydrogen) atoms. The van der Waals surface area contributed by atoms with Gasteiger partial charge in [0.2, 0.25) is 0 Å². The summed E-state index contributed by atoms with van der Waals surface area (Å²) in [6, 6.07) is 12.7. The molecule has 0 spiro atoms. The lowest BCUT2D eigenvalue weighted by atomic mass is 9.93. The summed E-state index contributed by atoms with van der Waals surface area (Å²) in [5.41, 5.74) is 5.46. The number of fused-ring (bicyclic) bond motifs is 3. The molecule has 4 heterocycles. The molecule has 2 aliphatic rings. The van der Waals surface area contributed by atoms with Crippen molar-refractivity contribution in [2.45, 2.75) is 72.4 Å². The maximum Gasteiger partial charge on any atom is 0.407 e. The second-order valence-corrected chi connectivity index (χ2v) is 15.0. The first-order chi connectivity index (χ1) is 24.8. The van der Waals surface area contributed by atoms with Crippen LogP contribution in [0.2, 0.25) is 0 Å². The zero-order valence-corrected chi connectivity index (χ0v) is 31.3. The molecule has 0 aliphatic carbocycles. The summed E-state index contributed by atoms with van der Waals surface area (Å²) in [7, 11) is 1.26. The summed E-state index contributed by atoms with van der Waals surface area (Å²) in [4.78, 5) is 60.8. The molecule has 1 saturated heterocycles. The molecule has 0 saturated carbocycles. The van der Waals surface area contributed by atoms with Gasteiger partial charge in [-0.3, -0.25) is 9.59 Å². The Labute approximate surface area is 307 Å². The van der Waals surface area contributed by atoms with Crippen molar-refractivity contribution in [3.8, 4) is 27.3 Å². The number of hydrogen-bond donors (Lipinski definition) is 2. The predicted octanol–water partition coefficient (Wildman–Crippen LogP) is 7.72. The lowest BCUT2D eigenvalue weighted by Gasteiger charge is -2.26. The van der Waals surface area contributed by atoms with Gasteiger partial charge in [-0.2, -0.15) is 0 Å². The molecule has 2 aromatic heterocycles. The number of thiophene rings is 1. The summed E-state index contributed by atoms with van der Waals surface area (Å²) >= 11 is 1.57. The molecule has 1 fully saturated rings. The summed E-state index contributed by atoms with van der Waals surface area (Å²) < 4.78 is 16.7. The highest BCUT2D eigenvalue weighted by atomic mass is 32.1. The zero-order valence-electron chi connectivity index (χ0n) is 30.4. The van der Waals surface area contributed by atoms with Gasteiger partial charge in [-0.25, -0.2) is 14.6 Å². The smallest absolute Gasteiger partial charge is 0.407 e. The third-order valence-electron chi connectivity index (χ3n) is 9.08. The van der Waals surface area contributed by atoms with E-state index in [1.54, 1.807) is 61.3 Å². The fourth-order valence-corrected chi connectivity index (χ4v) is 7.63. The van der Waals surface area contributed by atoms with Crippen LogP contribution in [-0.2, 0) is 22.4 Å². The van der Waals surface area contributed by atoms with Crippen molar-refractivity contribution in [2.75, 3.05) is 32.1 Å². The molecule has 272 valence electrons. The quantitative estimate of drug-likeness (QED) is 0.185. The highest BCUT2D eigenvalue weighted by molar-refractivity contribution is 7.13. The van der Waals surface area contributed by atoms with E-state index in [0.29, 0.717) is 54.2 Å². The number of nitrogens with zero attached hydrogens (tertiary/aromatic N) is 2. The second kappa shape index (κ2) is 15.2. The van der Waals surface area contributed by atoms with Crippen LogP contribution in [0.3, 0.4) is 0 Å². The van der Waals surface area contributed by atoms with Crippen LogP contribution >= 0.6 is 11.3 Å². The van der Waals surface area contributed by atoms with E-state index in [1.807, 2.05) is 31.4 Å². The molecule has 0 unspecified atom stereocenters. The van der Waals surface area contributed by atoms with Gasteiger partial charge in [0.1, 0.15) is 17.0 Å². The molecular formula is C40H44N4O7S. The number of nitrogens with one attached hydrogen (secondary N) is 2. The number of anilines is 1. The van der Waals surface area contributed by atoms with Crippen LogP contribution in [0.1, 0.15) is 93.6 Å². The van der Waals surface area contributed by atoms with Crippen LogP contribution in [0.4, 0.5) is 10.5 Å². The Morgan fingerprint density at radius 2 is 1.67 bits per heavy atom. The Hall–Kier alpha value is -5.23. The molecule has 0 radical (unpaired) electrons. The van der Waals surface area contributed by atoms with Crippen molar-refractivity contribution in [3.05, 3.63) is 87.0 Å². The maximum atomic E-state index is 14.5. The molecule has 11 nitrogen and oxygen atoms in total. The third-order valence-corrected chi connectivity index (χ3v) is 10.1. The number of aryl methyl sites for hydroxylation is 2. The van der Waals surface area contributed by atoms with Crippen molar-refractivity contribution >= 4 is 40.9 Å². The lowest BCUT2D eigenvalue weighted by molar-refractivity contribution is 0.0521. The van der Waals surface area contributed by atoms with Crippen LogP contribution in [0, 0.1) is 13.8 Å². The maximum absolute atomic E-state index is 14.5. The van der Waals surface area contributed by atoms with E-state index in [2.05, 4.69) is 21.7 Å². The van der Waals surface area contributed by atoms with Crippen molar-refractivity contribution in [3.63, 3.8) is 0 Å². The molecule has 2 aromatic carbocycles. The standard InChI is InChI=1S/C40H44N4O7S/c1-23-18-25(22-41-39(48)51-40(3,4)5)19-24(2)33(23)43-36(45)29-20-30-32(50-16-12-26-13-17-52-35(26)30)21-28(29)27-10-11-31(42-34(27)38(47)49-6)37(46)44-14-8-7-9-15-44/h10-11,13,17-21H,7-9,12,14-16,22H2,1-6H3,(H,41,48)(H,43,45). The number of ether oxygens (including phenoxy) is 3. The van der Waals surface area contributed by atoms with Gasteiger partial charge in [-0.1, -0.05) is 12.1 Å². The number of carbonyl (C=O) groups is 4. The van der Waals surface area contributed by atoms with Crippen LogP contribution < -0.4 is 15.4 Å². The highest BCUT2D eigenvalue weighted by Gasteiger charge is 2.28. The first kappa shape index (κ1) is 36.6. The topological polar surface area (TPSA) is 136 Å². The van der Waals surface area contributed by atoms with E-state index >= 15 is 0 Å². The Balaban J connectivity index is 1.40. The second-order valence-electron chi connectivity index (χ2n) is 14.1. The van der Waals surface area contributed by atoms with Gasteiger partial charge < -0.3 is 29.7 Å². The largest absolute Gasteiger partial charge is 0.493 e. The molecule has 6 rings (SSSR count). The monoisotopic (exact) mass is 724 g/mol. The first-order valence-corrected chi connectivity index (χ1v) is 18.4. The van der Waals surface area contributed by atoms with Crippen LogP contribution in [0.25, 0.3) is 21.6 Å². The molecule has 12 heteroatoms. The summed E-state index contributed by atoms with van der Waals surface area (Å²) in [6.07, 6.45) is 3.09. The normalized spacial score (nSPS) is 13.9. The number of carbonyl (C=O) groups excluding carboxylic acids is 4. The average molecular weight is 725 g/mol. The van der Waals surface area contributed by atoms with E-state index in [4.69, 9.17) is 14.2 Å². The third kappa shape index (κ3) is 7.97. The Morgan fingerprint density at radius 3 is 2.37 bits per heavy atom. The molecule has 2 N–H and O–H groups in total. The van der Waals surface area contributed by atoms with E-state index < -0.39 is 23.6 Å². The molecular weight excluding hydrogens is 681 g/mol. The Morgan fingerprint density at radius 1 is 0.942 bits per heavy atom. The number of rotatable bonds is 7. The number of likely N-dealkylation sites (tertiary alicyclic amines) is 1. The number of amides is 3. The minimum Gasteiger partial charge on any atom is -0.493 e. The van der Waals surface area contributed by atoms with E-state index in [9.17, 15) is 19.2 Å². The number of piperidine rings is 1. The van der Waals surface area contributed by atoms with Crippen molar-refractivity contribution in [1.82, 2.24) is 15.2 Å². The molecule has 3 amide bonds. The highest BCUT2D eigenvalue weighted by Crippen LogP contribution is 2.43. The summed E-state index contributed by atoms with van der Waals surface area (Å²) in [5, 5.41) is 7.93. The number of benzene rings is 2. The Bertz CT molecular complexity index is 2020. The minimum atomic E-state index is -0.728. The first-order valence-electron chi connectivity index (χ1n) is 17.5. The predicted molar refractivity (Wildman–Crippen MR) is 200 cm³/mol. The van der Waals surface area contributed by atoms with Crippen molar-refractivity contribution < 1.29 is 33.4 Å². The van der Waals surface area contributed by atoms with Gasteiger partial charge in [-0.15, -0.1) is 11.3 Å². The average Bonchev–Trinajstić information content (AvgIpc) is 3.52. The van der Waals surface area contributed by atoms with E-state index in [1.165, 1.54) is 7.11 Å². The molecule has 0 atom stereocenters. The number of alkyl carbamates (subject to hydrolysis) is 1. The summed E-state index contributed by atoms with van der Waals surface area (Å²) in [5.74, 6) is -0.810. The molecule has 4 aromatic rings. The minimum absolute atomic E-state index is 0.0704.